The number of fused-ring (bicyclic) bond motifs is 4. The van der Waals surface area contributed by atoms with E-state index in [4.69, 9.17) is 5.73 Å². The van der Waals surface area contributed by atoms with Gasteiger partial charge in [-0.1, -0.05) is 29.8 Å². The number of aromatic hydroxyl groups is 1. The Labute approximate surface area is 232 Å². The summed E-state index contributed by atoms with van der Waals surface area (Å²) in [5.74, 6) is -4.61. The van der Waals surface area contributed by atoms with E-state index < -0.39 is 40.7 Å². The first-order valence-corrected chi connectivity index (χ1v) is 13.5. The van der Waals surface area contributed by atoms with Gasteiger partial charge < -0.3 is 26.0 Å². The van der Waals surface area contributed by atoms with Crippen molar-refractivity contribution in [2.24, 2.45) is 17.6 Å². The molecule has 40 heavy (non-hydrogen) atoms. The lowest BCUT2D eigenvalue weighted by atomic mass is 9.59. The number of hydrogen-bond acceptors (Lipinski definition) is 8. The molecule has 9 nitrogen and oxygen atoms in total. The highest BCUT2D eigenvalue weighted by Gasteiger charge is 2.59. The van der Waals surface area contributed by atoms with Gasteiger partial charge in [0, 0.05) is 56.5 Å². The van der Waals surface area contributed by atoms with Gasteiger partial charge in [-0.05, 0) is 54.9 Å². The molecule has 2 aromatic rings. The largest absolute Gasteiger partial charge is 0.508 e. The van der Waals surface area contributed by atoms with Crippen molar-refractivity contribution in [1.29, 1.82) is 0 Å². The minimum atomic E-state index is -2.41. The second-order valence-electron chi connectivity index (χ2n) is 11.8. The van der Waals surface area contributed by atoms with Crippen molar-refractivity contribution in [2.75, 3.05) is 19.0 Å². The maximum atomic E-state index is 14.1. The van der Waals surface area contributed by atoms with E-state index in [1.807, 2.05) is 37.2 Å². The molecule has 2 aromatic carbocycles. The van der Waals surface area contributed by atoms with E-state index in [1.165, 1.54) is 11.1 Å². The smallest absolute Gasteiger partial charge is 0.252 e. The molecule has 0 radical (unpaired) electrons. The molecule has 5 N–H and O–H groups in total. The predicted octanol–water partition coefficient (Wildman–Crippen LogP) is 2.67. The molecule has 3 atom stereocenters. The summed E-state index contributed by atoms with van der Waals surface area (Å²) < 4.78 is 0. The first-order valence-electron chi connectivity index (χ1n) is 13.5. The first-order chi connectivity index (χ1) is 18.9. The Balaban J connectivity index is 1.44. The lowest BCUT2D eigenvalue weighted by Crippen LogP contribution is -2.57. The van der Waals surface area contributed by atoms with Crippen molar-refractivity contribution in [1.82, 2.24) is 4.90 Å². The molecule has 0 unspecified atom stereocenters. The van der Waals surface area contributed by atoms with Gasteiger partial charge in [0.05, 0.1) is 11.1 Å². The van der Waals surface area contributed by atoms with Crippen molar-refractivity contribution < 1.29 is 29.7 Å². The van der Waals surface area contributed by atoms with Crippen LogP contribution >= 0.6 is 0 Å². The normalized spacial score (nSPS) is 25.9. The maximum Gasteiger partial charge on any atom is 0.252 e. The third kappa shape index (κ3) is 3.64. The number of nitrogens with zero attached hydrogens (tertiary/aromatic N) is 2. The Morgan fingerprint density at radius 3 is 2.38 bits per heavy atom. The number of benzene rings is 2. The van der Waals surface area contributed by atoms with Crippen LogP contribution in [0.1, 0.15) is 52.4 Å². The number of carbonyl (C=O) groups excluding carboxylic acids is 3. The van der Waals surface area contributed by atoms with E-state index in [0.29, 0.717) is 29.7 Å². The van der Waals surface area contributed by atoms with Gasteiger partial charge in [0.1, 0.15) is 11.5 Å². The monoisotopic (exact) mass is 543 g/mol. The molecule has 0 saturated carbocycles. The lowest BCUT2D eigenvalue weighted by molar-refractivity contribution is -0.143. The number of aliphatic hydroxyl groups is 2. The molecule has 0 aromatic heterocycles. The van der Waals surface area contributed by atoms with Gasteiger partial charge in [-0.2, -0.15) is 0 Å². The number of carbonyl (C=O) groups is 3. The Morgan fingerprint density at radius 2 is 1.77 bits per heavy atom. The molecular formula is C31H33N3O6. The molecule has 0 spiro atoms. The van der Waals surface area contributed by atoms with Crippen LogP contribution in [0.3, 0.4) is 0 Å². The molecule has 208 valence electrons. The van der Waals surface area contributed by atoms with E-state index in [0.717, 1.165) is 18.8 Å². The standard InChI is InChI=1S/C31H33N3O6/c1-15-8-20-9-18-10-21-22(33(2)3)11-19(14-34-12-16-6-4-5-7-17(16)13-34)26(35)25(21)27(36)24(18)29(38)31(20,40)28(37)23(15)30(32)39/h4-7,11,18,20,35,38,40H,8-10,12-14H2,1-3H3,(H2,32,39)/t18-,20-,31-/m1/s1. The first kappa shape index (κ1) is 26.3. The van der Waals surface area contributed by atoms with Gasteiger partial charge in [-0.25, -0.2) is 0 Å². The van der Waals surface area contributed by atoms with Crippen LogP contribution < -0.4 is 10.6 Å². The third-order valence-electron chi connectivity index (χ3n) is 9.15. The van der Waals surface area contributed by atoms with Gasteiger partial charge in [0.25, 0.3) is 5.91 Å². The third-order valence-corrected chi connectivity index (χ3v) is 9.15. The second kappa shape index (κ2) is 9.04. The summed E-state index contributed by atoms with van der Waals surface area (Å²) in [6.45, 7) is 3.47. The summed E-state index contributed by atoms with van der Waals surface area (Å²) in [5.41, 5.74) is 7.68. The van der Waals surface area contributed by atoms with Gasteiger partial charge in [-0.3, -0.25) is 19.3 Å². The molecule has 4 aliphatic rings. The molecule has 3 aliphatic carbocycles. The summed E-state index contributed by atoms with van der Waals surface area (Å²) in [6, 6.07) is 10.1. The van der Waals surface area contributed by atoms with Gasteiger partial charge >= 0.3 is 0 Å². The zero-order valence-electron chi connectivity index (χ0n) is 22.8. The summed E-state index contributed by atoms with van der Waals surface area (Å²) in [4.78, 5) is 43.6. The number of ketones is 2. The van der Waals surface area contributed by atoms with Crippen LogP contribution in [0.2, 0.25) is 0 Å². The van der Waals surface area contributed by atoms with E-state index in [9.17, 15) is 29.7 Å². The fraction of sp³-hybridized carbons (Fsp3) is 0.387. The number of phenolic OH excluding ortho intramolecular Hbond substituents is 1. The summed E-state index contributed by atoms with van der Waals surface area (Å²) in [7, 11) is 3.77. The summed E-state index contributed by atoms with van der Waals surface area (Å²) >= 11 is 0. The van der Waals surface area contributed by atoms with Crippen molar-refractivity contribution in [2.45, 2.75) is 51.4 Å². The number of hydrogen-bond donors (Lipinski definition) is 4. The molecule has 0 bridgehead atoms. The van der Waals surface area contributed by atoms with E-state index in [1.54, 1.807) is 6.92 Å². The van der Waals surface area contributed by atoms with Crippen LogP contribution in [0, 0.1) is 11.8 Å². The molecule has 9 heteroatoms. The zero-order valence-corrected chi connectivity index (χ0v) is 22.8. The molecule has 6 rings (SSSR count). The fourth-order valence-corrected chi connectivity index (χ4v) is 7.26. The molecule has 0 fully saturated rings. The Hall–Kier alpha value is -3.95. The molecule has 1 heterocycles. The van der Waals surface area contributed by atoms with Crippen molar-refractivity contribution >= 4 is 23.2 Å². The average Bonchev–Trinajstić information content (AvgIpc) is 3.30. The lowest BCUT2D eigenvalue weighted by Gasteiger charge is -2.46. The molecular weight excluding hydrogens is 510 g/mol. The number of Topliss-reactive ketones (excluding diaryl/α,β-unsaturated/α-hetero) is 2. The van der Waals surface area contributed by atoms with Crippen LogP contribution in [0.25, 0.3) is 0 Å². The average molecular weight is 544 g/mol. The highest BCUT2D eigenvalue weighted by atomic mass is 16.3. The van der Waals surface area contributed by atoms with Crippen molar-refractivity contribution in [3.05, 3.63) is 80.6 Å². The topological polar surface area (TPSA) is 144 Å². The van der Waals surface area contributed by atoms with Crippen LogP contribution in [-0.2, 0) is 35.6 Å². The van der Waals surface area contributed by atoms with E-state index in [-0.39, 0.29) is 35.3 Å². The van der Waals surface area contributed by atoms with Crippen LogP contribution in [0.15, 0.2) is 52.8 Å². The van der Waals surface area contributed by atoms with E-state index in [2.05, 4.69) is 17.0 Å². The predicted molar refractivity (Wildman–Crippen MR) is 148 cm³/mol. The van der Waals surface area contributed by atoms with Gasteiger partial charge in [-0.15, -0.1) is 0 Å². The minimum Gasteiger partial charge on any atom is -0.508 e. The Morgan fingerprint density at radius 1 is 1.12 bits per heavy atom. The van der Waals surface area contributed by atoms with Crippen LogP contribution in [-0.4, -0.2) is 57.4 Å². The quantitative estimate of drug-likeness (QED) is 0.431. The molecule has 0 saturated heterocycles. The van der Waals surface area contributed by atoms with Gasteiger partial charge in [0.15, 0.2) is 11.4 Å². The number of allylic oxidation sites excluding steroid dienone is 2. The fourth-order valence-electron chi connectivity index (χ4n) is 7.26. The number of anilines is 1. The molecule has 1 amide bonds. The number of primary amides is 1. The van der Waals surface area contributed by atoms with E-state index >= 15 is 0 Å². The van der Waals surface area contributed by atoms with Crippen LogP contribution in [0.4, 0.5) is 5.69 Å². The highest BCUT2D eigenvalue weighted by Crippen LogP contribution is 2.53. The number of aliphatic hydroxyl groups excluding tert-OH is 1. The van der Waals surface area contributed by atoms with Crippen molar-refractivity contribution in [3.8, 4) is 5.75 Å². The van der Waals surface area contributed by atoms with Gasteiger partial charge in [0.2, 0.25) is 5.78 Å². The number of phenols is 1. The zero-order chi connectivity index (χ0) is 28.7. The maximum absolute atomic E-state index is 14.1. The summed E-state index contributed by atoms with van der Waals surface area (Å²) in [5, 5.41) is 34.5. The Bertz CT molecular complexity index is 1550. The summed E-state index contributed by atoms with van der Waals surface area (Å²) in [6.07, 6.45) is 0.805. The second-order valence-corrected chi connectivity index (χ2v) is 11.8. The number of amides is 1. The molecule has 1 aliphatic heterocycles. The number of rotatable bonds is 4. The Kier molecular flexibility index (Phi) is 5.94. The number of nitrogens with two attached hydrogens (primary N) is 1. The SMILES string of the molecule is CC1=C(C(N)=O)C(=O)[C@@]2(O)C(O)=C3C(=O)c4c(O)c(CN5Cc6ccccc6C5)cc(N(C)C)c4C[C@H]3C[C@H]2C1. The van der Waals surface area contributed by atoms with Crippen molar-refractivity contribution in [3.63, 3.8) is 0 Å². The highest BCUT2D eigenvalue weighted by molar-refractivity contribution is 6.24. The minimum absolute atomic E-state index is 0.0753. The van der Waals surface area contributed by atoms with Crippen LogP contribution in [0.5, 0.6) is 5.75 Å².